The number of phenolic OH excluding ortho intramolecular Hbond substituents is 1. The second kappa shape index (κ2) is 4.78. The summed E-state index contributed by atoms with van der Waals surface area (Å²) >= 11 is 0. The minimum Gasteiger partial charge on any atom is -0.507 e. The first-order valence-electron chi connectivity index (χ1n) is 6.20. The molecule has 2 heterocycles. The van der Waals surface area contributed by atoms with Crippen LogP contribution in [0.15, 0.2) is 28.8 Å². The third-order valence-electron chi connectivity index (χ3n) is 3.20. The topological polar surface area (TPSA) is 71.2 Å². The number of nitrogens with zero attached hydrogens (tertiary/aromatic N) is 2. The van der Waals surface area contributed by atoms with Crippen LogP contribution in [0.25, 0.3) is 11.4 Å². The Bertz CT molecular complexity index is 533. The van der Waals surface area contributed by atoms with Crippen molar-refractivity contribution in [2.24, 2.45) is 0 Å². The van der Waals surface area contributed by atoms with E-state index in [1.807, 2.05) is 6.07 Å². The van der Waals surface area contributed by atoms with E-state index in [2.05, 4.69) is 15.5 Å². The largest absolute Gasteiger partial charge is 0.507 e. The van der Waals surface area contributed by atoms with Gasteiger partial charge < -0.3 is 14.9 Å². The smallest absolute Gasteiger partial charge is 0.244 e. The lowest BCUT2D eigenvalue weighted by Crippen LogP contribution is -2.26. The number of hydrogen-bond donors (Lipinski definition) is 2. The van der Waals surface area contributed by atoms with Crippen LogP contribution in [-0.2, 0) is 0 Å². The third kappa shape index (κ3) is 2.09. The predicted octanol–water partition coefficient (Wildman–Crippen LogP) is 2.26. The molecule has 0 aliphatic carbocycles. The number of aromatic hydroxyl groups is 1. The average molecular weight is 245 g/mol. The fourth-order valence-electron chi connectivity index (χ4n) is 2.21. The number of aromatic nitrogens is 2. The molecular formula is C13H15N3O2. The van der Waals surface area contributed by atoms with Crippen LogP contribution in [-0.4, -0.2) is 21.8 Å². The van der Waals surface area contributed by atoms with Gasteiger partial charge in [-0.2, -0.15) is 4.98 Å². The molecule has 0 bridgehead atoms. The minimum atomic E-state index is 0.144. The van der Waals surface area contributed by atoms with Crippen molar-refractivity contribution in [3.8, 4) is 17.1 Å². The number of benzene rings is 1. The molecule has 0 amide bonds. The van der Waals surface area contributed by atoms with Gasteiger partial charge in [-0.15, -0.1) is 0 Å². The highest BCUT2D eigenvalue weighted by Crippen LogP contribution is 2.28. The van der Waals surface area contributed by atoms with Crippen LogP contribution in [0, 0.1) is 0 Å². The molecule has 18 heavy (non-hydrogen) atoms. The van der Waals surface area contributed by atoms with Gasteiger partial charge in [0.1, 0.15) is 5.75 Å². The first-order chi connectivity index (χ1) is 8.84. The van der Waals surface area contributed by atoms with Gasteiger partial charge in [0.25, 0.3) is 0 Å². The van der Waals surface area contributed by atoms with E-state index in [4.69, 9.17) is 4.52 Å². The molecule has 1 aromatic carbocycles. The lowest BCUT2D eigenvalue weighted by molar-refractivity contribution is 0.297. The number of hydrogen-bond acceptors (Lipinski definition) is 5. The molecule has 3 rings (SSSR count). The molecule has 0 radical (unpaired) electrons. The monoisotopic (exact) mass is 245 g/mol. The van der Waals surface area contributed by atoms with Crippen molar-refractivity contribution >= 4 is 0 Å². The van der Waals surface area contributed by atoms with Crippen LogP contribution in [0.2, 0.25) is 0 Å². The summed E-state index contributed by atoms with van der Waals surface area (Å²) in [6.45, 7) is 0.985. The van der Waals surface area contributed by atoms with Crippen LogP contribution in [0.3, 0.4) is 0 Å². The fraction of sp³-hybridized carbons (Fsp3) is 0.385. The van der Waals surface area contributed by atoms with Gasteiger partial charge in [0.15, 0.2) is 0 Å². The molecule has 1 fully saturated rings. The van der Waals surface area contributed by atoms with Gasteiger partial charge in [0.05, 0.1) is 11.6 Å². The maximum atomic E-state index is 9.75. The zero-order chi connectivity index (χ0) is 12.4. The van der Waals surface area contributed by atoms with Gasteiger partial charge in [0.2, 0.25) is 11.7 Å². The SMILES string of the molecule is Oc1ccccc1-c1noc(C2CCCCN2)n1. The molecule has 1 aliphatic rings. The Morgan fingerprint density at radius 1 is 1.28 bits per heavy atom. The Balaban J connectivity index is 1.87. The van der Waals surface area contributed by atoms with E-state index in [1.165, 1.54) is 12.8 Å². The van der Waals surface area contributed by atoms with Gasteiger partial charge in [-0.25, -0.2) is 0 Å². The van der Waals surface area contributed by atoms with Crippen LogP contribution < -0.4 is 5.32 Å². The van der Waals surface area contributed by atoms with Crippen molar-refractivity contribution in [1.82, 2.24) is 15.5 Å². The predicted molar refractivity (Wildman–Crippen MR) is 66.0 cm³/mol. The number of nitrogens with one attached hydrogen (secondary N) is 1. The fourth-order valence-corrected chi connectivity index (χ4v) is 2.21. The number of phenols is 1. The van der Waals surface area contributed by atoms with Gasteiger partial charge in [0, 0.05) is 0 Å². The Kier molecular flexibility index (Phi) is 2.98. The molecule has 94 valence electrons. The van der Waals surface area contributed by atoms with Crippen LogP contribution >= 0.6 is 0 Å². The third-order valence-corrected chi connectivity index (χ3v) is 3.20. The first kappa shape index (κ1) is 11.2. The Morgan fingerprint density at radius 2 is 2.17 bits per heavy atom. The summed E-state index contributed by atoms with van der Waals surface area (Å²) in [6.07, 6.45) is 3.38. The zero-order valence-electron chi connectivity index (χ0n) is 9.97. The van der Waals surface area contributed by atoms with Gasteiger partial charge in [-0.3, -0.25) is 0 Å². The minimum absolute atomic E-state index is 0.144. The van der Waals surface area contributed by atoms with E-state index in [9.17, 15) is 5.11 Å². The zero-order valence-corrected chi connectivity index (χ0v) is 9.97. The van der Waals surface area contributed by atoms with Gasteiger partial charge >= 0.3 is 0 Å². The summed E-state index contributed by atoms with van der Waals surface area (Å²) < 4.78 is 5.28. The number of para-hydroxylation sites is 1. The van der Waals surface area contributed by atoms with Crippen molar-refractivity contribution in [1.29, 1.82) is 0 Å². The highest BCUT2D eigenvalue weighted by molar-refractivity contribution is 5.62. The molecular weight excluding hydrogens is 230 g/mol. The molecule has 2 N–H and O–H groups in total. The normalized spacial score (nSPS) is 19.9. The highest BCUT2D eigenvalue weighted by Gasteiger charge is 2.21. The van der Waals surface area contributed by atoms with E-state index < -0.39 is 0 Å². The number of rotatable bonds is 2. The summed E-state index contributed by atoms with van der Waals surface area (Å²) in [5, 5.41) is 17.0. The molecule has 5 nitrogen and oxygen atoms in total. The van der Waals surface area contributed by atoms with Crippen molar-refractivity contribution in [2.45, 2.75) is 25.3 Å². The summed E-state index contributed by atoms with van der Waals surface area (Å²) in [7, 11) is 0. The molecule has 1 aliphatic heterocycles. The maximum absolute atomic E-state index is 9.75. The molecule has 0 spiro atoms. The van der Waals surface area contributed by atoms with Gasteiger partial charge in [-0.1, -0.05) is 23.7 Å². The average Bonchev–Trinajstić information content (AvgIpc) is 2.90. The van der Waals surface area contributed by atoms with Crippen LogP contribution in [0.4, 0.5) is 0 Å². The van der Waals surface area contributed by atoms with Crippen molar-refractivity contribution in [2.75, 3.05) is 6.54 Å². The molecule has 2 aromatic rings. The maximum Gasteiger partial charge on any atom is 0.244 e. The van der Waals surface area contributed by atoms with Crippen molar-refractivity contribution < 1.29 is 9.63 Å². The first-order valence-corrected chi connectivity index (χ1v) is 6.20. The van der Waals surface area contributed by atoms with E-state index in [0.717, 1.165) is 13.0 Å². The highest BCUT2D eigenvalue weighted by atomic mass is 16.5. The van der Waals surface area contributed by atoms with E-state index in [0.29, 0.717) is 17.3 Å². The molecule has 5 heteroatoms. The molecule has 1 unspecified atom stereocenters. The second-order valence-electron chi connectivity index (χ2n) is 4.48. The molecule has 1 saturated heterocycles. The lowest BCUT2D eigenvalue weighted by Gasteiger charge is -2.19. The van der Waals surface area contributed by atoms with Crippen molar-refractivity contribution in [3.63, 3.8) is 0 Å². The van der Waals surface area contributed by atoms with Crippen LogP contribution in [0.1, 0.15) is 31.2 Å². The Labute approximate surface area is 105 Å². The van der Waals surface area contributed by atoms with E-state index >= 15 is 0 Å². The van der Waals surface area contributed by atoms with Crippen LogP contribution in [0.5, 0.6) is 5.75 Å². The standard InChI is InChI=1S/C13H15N3O2/c17-11-7-2-1-5-9(11)12-15-13(18-16-12)10-6-3-4-8-14-10/h1-2,5,7,10,14,17H,3-4,6,8H2. The van der Waals surface area contributed by atoms with E-state index in [-0.39, 0.29) is 11.8 Å². The van der Waals surface area contributed by atoms with Crippen molar-refractivity contribution in [3.05, 3.63) is 30.2 Å². The Hall–Kier alpha value is -1.88. The molecule has 0 saturated carbocycles. The summed E-state index contributed by atoms with van der Waals surface area (Å²) in [5.41, 5.74) is 0.600. The van der Waals surface area contributed by atoms with Gasteiger partial charge in [-0.05, 0) is 31.5 Å². The number of piperidine rings is 1. The quantitative estimate of drug-likeness (QED) is 0.849. The molecule has 1 atom stereocenters. The second-order valence-corrected chi connectivity index (χ2v) is 4.48. The summed E-state index contributed by atoms with van der Waals surface area (Å²) in [6, 6.07) is 7.14. The summed E-state index contributed by atoms with van der Waals surface area (Å²) in [4.78, 5) is 4.36. The Morgan fingerprint density at radius 3 is 2.94 bits per heavy atom. The van der Waals surface area contributed by atoms with E-state index in [1.54, 1.807) is 18.2 Å². The molecule has 1 aromatic heterocycles. The lowest BCUT2D eigenvalue weighted by atomic mass is 10.1. The summed E-state index contributed by atoms with van der Waals surface area (Å²) in [5.74, 6) is 1.21.